The molecule has 1 heterocycles. The molecule has 0 radical (unpaired) electrons. The quantitative estimate of drug-likeness (QED) is 0.890. The van der Waals surface area contributed by atoms with Crippen LogP contribution in [0.5, 0.6) is 0 Å². The fourth-order valence-corrected chi connectivity index (χ4v) is 2.69. The molecule has 1 fully saturated rings. The lowest BCUT2D eigenvalue weighted by Gasteiger charge is -2.42. The lowest BCUT2D eigenvalue weighted by molar-refractivity contribution is -0.0967. The van der Waals surface area contributed by atoms with Gasteiger partial charge in [-0.05, 0) is 26.3 Å². The van der Waals surface area contributed by atoms with Gasteiger partial charge in [-0.3, -0.25) is 4.90 Å². The van der Waals surface area contributed by atoms with Gasteiger partial charge in [0, 0.05) is 25.7 Å². The highest BCUT2D eigenvalue weighted by Gasteiger charge is 2.31. The van der Waals surface area contributed by atoms with Gasteiger partial charge in [-0.25, -0.2) is 0 Å². The van der Waals surface area contributed by atoms with E-state index in [1.807, 2.05) is 0 Å². The van der Waals surface area contributed by atoms with Crippen LogP contribution in [0.15, 0.2) is 24.3 Å². The summed E-state index contributed by atoms with van der Waals surface area (Å²) in [6.45, 7) is 9.74. The normalized spacial score (nSPS) is 21.8. The highest BCUT2D eigenvalue weighted by Crippen LogP contribution is 2.26. The number of morpholine rings is 1. The molecule has 3 nitrogen and oxygen atoms in total. The third-order valence-electron chi connectivity index (χ3n) is 3.55. The van der Waals surface area contributed by atoms with Crippen molar-refractivity contribution >= 4 is 0 Å². The Morgan fingerprint density at radius 1 is 1.44 bits per heavy atom. The van der Waals surface area contributed by atoms with Gasteiger partial charge in [0.2, 0.25) is 0 Å². The Bertz CT molecular complexity index is 403. The molecule has 0 amide bonds. The van der Waals surface area contributed by atoms with Gasteiger partial charge in [0.1, 0.15) is 0 Å². The standard InChI is InChI=1S/C15H24N2O/c1-12-5-4-6-13(9-12)14(10-16)17-7-8-18-15(2,3)11-17/h4-6,9,14H,7-8,10-11,16H2,1-3H3. The van der Waals surface area contributed by atoms with Crippen molar-refractivity contribution in [2.24, 2.45) is 5.73 Å². The van der Waals surface area contributed by atoms with Gasteiger partial charge in [0.25, 0.3) is 0 Å². The van der Waals surface area contributed by atoms with E-state index in [0.29, 0.717) is 12.6 Å². The molecule has 1 unspecified atom stereocenters. The van der Waals surface area contributed by atoms with E-state index >= 15 is 0 Å². The molecule has 0 spiro atoms. The van der Waals surface area contributed by atoms with Gasteiger partial charge < -0.3 is 10.5 Å². The smallest absolute Gasteiger partial charge is 0.0753 e. The topological polar surface area (TPSA) is 38.5 Å². The van der Waals surface area contributed by atoms with Crippen LogP contribution in [0.2, 0.25) is 0 Å². The zero-order valence-electron chi connectivity index (χ0n) is 11.6. The van der Waals surface area contributed by atoms with Crippen LogP contribution in [-0.2, 0) is 4.74 Å². The molecule has 2 N–H and O–H groups in total. The molecule has 0 bridgehead atoms. The second-order valence-corrected chi connectivity index (χ2v) is 5.74. The Morgan fingerprint density at radius 2 is 2.22 bits per heavy atom. The van der Waals surface area contributed by atoms with E-state index in [1.54, 1.807) is 0 Å². The first-order valence-electron chi connectivity index (χ1n) is 6.66. The first kappa shape index (κ1) is 13.5. The molecule has 18 heavy (non-hydrogen) atoms. The number of nitrogens with zero attached hydrogens (tertiary/aromatic N) is 1. The molecular weight excluding hydrogens is 224 g/mol. The van der Waals surface area contributed by atoms with E-state index in [1.165, 1.54) is 11.1 Å². The molecular formula is C15H24N2O. The molecule has 1 aromatic rings. The Labute approximate surface area is 110 Å². The fourth-order valence-electron chi connectivity index (χ4n) is 2.69. The van der Waals surface area contributed by atoms with E-state index in [-0.39, 0.29) is 5.60 Å². The van der Waals surface area contributed by atoms with E-state index in [9.17, 15) is 0 Å². The first-order valence-corrected chi connectivity index (χ1v) is 6.66. The number of nitrogens with two attached hydrogens (primary N) is 1. The average Bonchev–Trinajstić information content (AvgIpc) is 2.29. The fraction of sp³-hybridized carbons (Fsp3) is 0.600. The summed E-state index contributed by atoms with van der Waals surface area (Å²) in [6, 6.07) is 8.94. The number of ether oxygens (including phenoxy) is 1. The third kappa shape index (κ3) is 3.10. The molecule has 0 aliphatic carbocycles. The molecule has 100 valence electrons. The van der Waals surface area contributed by atoms with Crippen molar-refractivity contribution in [3.05, 3.63) is 35.4 Å². The summed E-state index contributed by atoms with van der Waals surface area (Å²) in [5.74, 6) is 0. The van der Waals surface area contributed by atoms with Crippen molar-refractivity contribution < 1.29 is 4.74 Å². The van der Waals surface area contributed by atoms with Crippen LogP contribution in [0.3, 0.4) is 0 Å². The maximum Gasteiger partial charge on any atom is 0.0753 e. The van der Waals surface area contributed by atoms with Crippen LogP contribution in [0.4, 0.5) is 0 Å². The number of aryl methyl sites for hydroxylation is 1. The molecule has 3 heteroatoms. The van der Waals surface area contributed by atoms with Crippen molar-refractivity contribution in [1.29, 1.82) is 0 Å². The SMILES string of the molecule is Cc1cccc(C(CN)N2CCOC(C)(C)C2)c1. The van der Waals surface area contributed by atoms with Crippen LogP contribution in [-0.4, -0.2) is 36.7 Å². The zero-order valence-corrected chi connectivity index (χ0v) is 11.6. The summed E-state index contributed by atoms with van der Waals surface area (Å²) in [4.78, 5) is 2.44. The monoisotopic (exact) mass is 248 g/mol. The van der Waals surface area contributed by atoms with Gasteiger partial charge in [-0.15, -0.1) is 0 Å². The van der Waals surface area contributed by atoms with Crippen LogP contribution < -0.4 is 5.73 Å². The molecule has 0 aromatic heterocycles. The lowest BCUT2D eigenvalue weighted by Crippen LogP contribution is -2.50. The third-order valence-corrected chi connectivity index (χ3v) is 3.55. The van der Waals surface area contributed by atoms with E-state index in [4.69, 9.17) is 10.5 Å². The van der Waals surface area contributed by atoms with E-state index in [0.717, 1.165) is 19.7 Å². The second kappa shape index (κ2) is 5.39. The minimum absolute atomic E-state index is 0.0739. The first-order chi connectivity index (χ1) is 8.52. The number of benzene rings is 1. The molecule has 1 aliphatic rings. The van der Waals surface area contributed by atoms with Crippen molar-refractivity contribution in [3.8, 4) is 0 Å². The second-order valence-electron chi connectivity index (χ2n) is 5.74. The molecule has 2 rings (SSSR count). The van der Waals surface area contributed by atoms with E-state index < -0.39 is 0 Å². The predicted molar refractivity (Wildman–Crippen MR) is 74.6 cm³/mol. The average molecular weight is 248 g/mol. The summed E-state index contributed by atoms with van der Waals surface area (Å²) in [5.41, 5.74) is 8.52. The zero-order chi connectivity index (χ0) is 13.2. The number of rotatable bonds is 3. The summed E-state index contributed by atoms with van der Waals surface area (Å²) in [7, 11) is 0. The van der Waals surface area contributed by atoms with Gasteiger partial charge in [0.15, 0.2) is 0 Å². The molecule has 1 aromatic carbocycles. The Hall–Kier alpha value is -0.900. The van der Waals surface area contributed by atoms with Crippen molar-refractivity contribution in [2.75, 3.05) is 26.2 Å². The van der Waals surface area contributed by atoms with Crippen LogP contribution in [0, 0.1) is 6.92 Å². The van der Waals surface area contributed by atoms with Crippen molar-refractivity contribution in [1.82, 2.24) is 4.90 Å². The summed E-state index contributed by atoms with van der Waals surface area (Å²) >= 11 is 0. The molecule has 1 saturated heterocycles. The maximum atomic E-state index is 5.99. The Kier molecular flexibility index (Phi) is 4.05. The van der Waals surface area contributed by atoms with Crippen LogP contribution >= 0.6 is 0 Å². The Balaban J connectivity index is 2.18. The Morgan fingerprint density at radius 3 is 2.83 bits per heavy atom. The minimum Gasteiger partial charge on any atom is -0.373 e. The summed E-state index contributed by atoms with van der Waals surface area (Å²) in [5, 5.41) is 0. The predicted octanol–water partition coefficient (Wildman–Crippen LogP) is 2.11. The lowest BCUT2D eigenvalue weighted by atomic mass is 9.99. The minimum atomic E-state index is -0.0739. The highest BCUT2D eigenvalue weighted by molar-refractivity contribution is 5.25. The van der Waals surface area contributed by atoms with Crippen LogP contribution in [0.25, 0.3) is 0 Å². The van der Waals surface area contributed by atoms with Gasteiger partial charge in [-0.1, -0.05) is 29.8 Å². The van der Waals surface area contributed by atoms with E-state index in [2.05, 4.69) is 49.9 Å². The largest absolute Gasteiger partial charge is 0.373 e. The molecule has 1 atom stereocenters. The maximum absolute atomic E-state index is 5.99. The summed E-state index contributed by atoms with van der Waals surface area (Å²) < 4.78 is 5.77. The number of hydrogen-bond acceptors (Lipinski definition) is 3. The van der Waals surface area contributed by atoms with Crippen LogP contribution in [0.1, 0.15) is 31.0 Å². The summed E-state index contributed by atoms with van der Waals surface area (Å²) in [6.07, 6.45) is 0. The highest BCUT2D eigenvalue weighted by atomic mass is 16.5. The van der Waals surface area contributed by atoms with Gasteiger partial charge in [-0.2, -0.15) is 0 Å². The van der Waals surface area contributed by atoms with Gasteiger partial charge >= 0.3 is 0 Å². The van der Waals surface area contributed by atoms with Gasteiger partial charge in [0.05, 0.1) is 12.2 Å². The van der Waals surface area contributed by atoms with Crippen molar-refractivity contribution in [3.63, 3.8) is 0 Å². The van der Waals surface area contributed by atoms with Crippen molar-refractivity contribution in [2.45, 2.75) is 32.4 Å². The molecule has 1 aliphatic heterocycles. The molecule has 0 saturated carbocycles. The number of hydrogen-bond donors (Lipinski definition) is 1.